The lowest BCUT2D eigenvalue weighted by atomic mass is 9.81. The highest BCUT2D eigenvalue weighted by molar-refractivity contribution is 7.79. The standard InChI is InChI=1S/C90H68F2N4S/c1-89(2)80-11-7-5-9-74(80)76-45-31-66(53-82(76)89)61-17-13-59(14-18-61)64-33-48-84-78(51-64)79-52-65(60-15-19-62(20-16-60)67-32-46-77-75-10-6-8-12-81(75)90(3,4)83(77)54-67)34-49-85(79)96(84)72-43-29-63(30-44-72)73-47-50-86(88(94-97)87(73)93)95(70-39-25-57(26-40-70)55-21-35-68(91)36-22-55)71-41-27-58(28-42-71)56-23-37-69(92)38-24-56/h5-23,25-29,31-37,39-43,45-54,93,97H,24,30,38,44H2,1-4H3. The van der Waals surface area contributed by atoms with E-state index in [9.17, 15) is 14.2 Å². The van der Waals surface area contributed by atoms with Crippen LogP contribution >= 0.6 is 12.8 Å². The van der Waals surface area contributed by atoms with E-state index in [1.54, 1.807) is 18.2 Å². The van der Waals surface area contributed by atoms with Gasteiger partial charge in [0.05, 0.1) is 22.4 Å². The maximum atomic E-state index is 14.1. The Balaban J connectivity index is 0.721. The number of fused-ring (bicyclic) bond motifs is 9. The molecule has 0 spiro atoms. The second kappa shape index (κ2) is 23.4. The van der Waals surface area contributed by atoms with Crippen LogP contribution in [-0.2, 0) is 10.8 Å². The first-order valence-corrected chi connectivity index (χ1v) is 33.9. The van der Waals surface area contributed by atoms with Gasteiger partial charge in [-0.3, -0.25) is 5.41 Å². The predicted octanol–water partition coefficient (Wildman–Crippen LogP) is 24.4. The van der Waals surface area contributed by atoms with Crippen molar-refractivity contribution < 1.29 is 8.78 Å². The summed E-state index contributed by atoms with van der Waals surface area (Å²) in [5.74, 6) is -0.394. The van der Waals surface area contributed by atoms with Crippen molar-refractivity contribution in [2.75, 3.05) is 4.90 Å². The molecule has 7 heteroatoms. The summed E-state index contributed by atoms with van der Waals surface area (Å²) in [6.45, 7) is 9.36. The molecule has 0 atom stereocenters. The van der Waals surface area contributed by atoms with Crippen LogP contribution in [0.15, 0.2) is 306 Å². The van der Waals surface area contributed by atoms with Crippen molar-refractivity contribution in [3.63, 3.8) is 0 Å². The minimum absolute atomic E-state index is 0.0773. The van der Waals surface area contributed by atoms with Crippen LogP contribution in [0, 0.1) is 11.2 Å². The van der Waals surface area contributed by atoms with Crippen LogP contribution in [0.2, 0.25) is 0 Å². The number of halogens is 2. The topological polar surface area (TPSA) is 44.4 Å². The van der Waals surface area contributed by atoms with Gasteiger partial charge < -0.3 is 9.47 Å². The summed E-state index contributed by atoms with van der Waals surface area (Å²) in [6.07, 6.45) is 14.4. The van der Waals surface area contributed by atoms with Gasteiger partial charge in [-0.2, -0.15) is 0 Å². The molecule has 1 heterocycles. The van der Waals surface area contributed by atoms with Crippen molar-refractivity contribution in [2.24, 2.45) is 4.40 Å². The lowest BCUT2D eigenvalue weighted by Gasteiger charge is -2.31. The van der Waals surface area contributed by atoms with Gasteiger partial charge >= 0.3 is 0 Å². The predicted molar refractivity (Wildman–Crippen MR) is 405 cm³/mol. The highest BCUT2D eigenvalue weighted by Gasteiger charge is 2.37. The van der Waals surface area contributed by atoms with Gasteiger partial charge in [0, 0.05) is 50.7 Å². The van der Waals surface area contributed by atoms with E-state index in [2.05, 4.69) is 261 Å². The summed E-state index contributed by atoms with van der Waals surface area (Å²) < 4.78 is 35.1. The zero-order valence-electron chi connectivity index (χ0n) is 54.4. The smallest absolute Gasteiger partial charge is 0.123 e. The zero-order chi connectivity index (χ0) is 65.8. The van der Waals surface area contributed by atoms with E-state index in [1.165, 1.54) is 95.4 Å². The third-order valence-electron chi connectivity index (χ3n) is 21.2. The van der Waals surface area contributed by atoms with Crippen LogP contribution < -0.4 is 4.90 Å². The Morgan fingerprint density at radius 2 is 0.804 bits per heavy atom. The number of nitrogens with one attached hydrogen (secondary N) is 1. The highest BCUT2D eigenvalue weighted by Crippen LogP contribution is 2.52. The fraction of sp³-hybridized carbons (Fsp3) is 0.111. The first kappa shape index (κ1) is 59.7. The van der Waals surface area contributed by atoms with E-state index >= 15 is 0 Å². The van der Waals surface area contributed by atoms with Crippen molar-refractivity contribution in [3.05, 3.63) is 335 Å². The number of aromatic nitrogens is 1. The van der Waals surface area contributed by atoms with Crippen LogP contribution in [-0.4, -0.2) is 16.0 Å². The number of hydrogen-bond acceptors (Lipinski definition) is 4. The SMILES string of the molecule is CC1(C)c2ccccc2-c2ccc(-c3ccc(-c4ccc5c(c4)c4cc(-c6ccc(-c7ccc8c(c7)C(C)(C)c7ccccc7-8)cc6)ccc4n5C4=CC=C(C5=CC=C(N(c6ccc(C7=CC=C(F)CC7)cc6)c6ccc(-c7ccc(F)cc7)cc6)C(=NS)C5=N)CC4)cc3)cc21. The Morgan fingerprint density at radius 1 is 0.392 bits per heavy atom. The molecule has 0 aliphatic heterocycles. The minimum Gasteiger partial charge on any atom is -0.313 e. The molecule has 0 fully saturated rings. The minimum atomic E-state index is -0.285. The molecule has 97 heavy (non-hydrogen) atoms. The van der Waals surface area contributed by atoms with Gasteiger partial charge in [-0.25, -0.2) is 13.2 Å². The van der Waals surface area contributed by atoms with E-state index in [-0.39, 0.29) is 28.2 Å². The van der Waals surface area contributed by atoms with Gasteiger partial charge in [0.25, 0.3) is 0 Å². The number of thiol groups is 1. The Labute approximate surface area is 570 Å². The number of benzene rings is 11. The number of allylic oxidation sites excluding steroid dienone is 12. The average Bonchev–Trinajstić information content (AvgIpc) is 1.53. The monoisotopic (exact) mass is 1270 g/mol. The van der Waals surface area contributed by atoms with Crippen LogP contribution in [0.25, 0.3) is 111 Å². The molecule has 11 aromatic carbocycles. The third-order valence-corrected chi connectivity index (χ3v) is 21.4. The maximum absolute atomic E-state index is 14.1. The van der Waals surface area contributed by atoms with E-state index in [0.717, 1.165) is 84.5 Å². The molecule has 468 valence electrons. The van der Waals surface area contributed by atoms with Crippen LogP contribution in [0.5, 0.6) is 0 Å². The van der Waals surface area contributed by atoms with Crippen LogP contribution in [0.1, 0.15) is 81.2 Å². The molecule has 1 aromatic heterocycles. The normalized spacial score (nSPS) is 16.2. The molecular weight excluding hydrogens is 1210 g/mol. The summed E-state index contributed by atoms with van der Waals surface area (Å²) in [5, 5.41) is 12.3. The lowest BCUT2D eigenvalue weighted by Crippen LogP contribution is -2.31. The number of hydrogen-bond donors (Lipinski definition) is 2. The summed E-state index contributed by atoms with van der Waals surface area (Å²) in [7, 11) is 0. The molecule has 0 saturated carbocycles. The first-order valence-electron chi connectivity index (χ1n) is 33.5. The second-order valence-electron chi connectivity index (χ2n) is 27.4. The van der Waals surface area contributed by atoms with Crippen molar-refractivity contribution in [1.82, 2.24) is 4.57 Å². The van der Waals surface area contributed by atoms with E-state index in [4.69, 9.17) is 0 Å². The number of rotatable bonds is 11. The van der Waals surface area contributed by atoms with Crippen LogP contribution in [0.4, 0.5) is 20.2 Å². The van der Waals surface area contributed by atoms with E-state index in [1.807, 2.05) is 42.5 Å². The van der Waals surface area contributed by atoms with Gasteiger partial charge in [0.1, 0.15) is 17.4 Å². The van der Waals surface area contributed by atoms with Gasteiger partial charge in [0.15, 0.2) is 0 Å². The zero-order valence-corrected chi connectivity index (χ0v) is 55.3. The van der Waals surface area contributed by atoms with Gasteiger partial charge in [-0.15, -0.1) is 0 Å². The van der Waals surface area contributed by atoms with Crippen molar-refractivity contribution in [2.45, 2.75) is 64.2 Å². The molecule has 12 aromatic rings. The molecule has 0 unspecified atom stereocenters. The average molecular weight is 1280 g/mol. The van der Waals surface area contributed by atoms with Crippen molar-refractivity contribution in [1.29, 1.82) is 5.41 Å². The molecule has 0 radical (unpaired) electrons. The summed E-state index contributed by atoms with van der Waals surface area (Å²) in [4.78, 5) is 2.10. The third kappa shape index (κ3) is 10.2. The Kier molecular flexibility index (Phi) is 14.4. The van der Waals surface area contributed by atoms with Gasteiger partial charge in [0.2, 0.25) is 0 Å². The molecular formula is C90H68F2N4S. The number of anilines is 2. The lowest BCUT2D eigenvalue weighted by molar-refractivity contribution is 0.590. The molecule has 5 aliphatic rings. The molecule has 17 rings (SSSR count). The summed E-state index contributed by atoms with van der Waals surface area (Å²) >= 11 is 4.59. The Bertz CT molecular complexity index is 5310. The molecule has 0 amide bonds. The number of nitrogens with zero attached hydrogens (tertiary/aromatic N) is 3. The van der Waals surface area contributed by atoms with Gasteiger partial charge in [-0.1, -0.05) is 216 Å². The second-order valence-corrected chi connectivity index (χ2v) is 27.6. The maximum Gasteiger partial charge on any atom is 0.123 e. The molecule has 4 nitrogen and oxygen atoms in total. The first-order chi connectivity index (χ1) is 47.2. The molecule has 5 aliphatic carbocycles. The molecule has 0 bridgehead atoms. The summed E-state index contributed by atoms with van der Waals surface area (Å²) in [6, 6.07) is 86.6. The summed E-state index contributed by atoms with van der Waals surface area (Å²) in [5.41, 5.74) is 32.5. The van der Waals surface area contributed by atoms with E-state index < -0.39 is 0 Å². The fourth-order valence-electron chi connectivity index (χ4n) is 15.9. The highest BCUT2D eigenvalue weighted by atomic mass is 32.1. The van der Waals surface area contributed by atoms with Crippen molar-refractivity contribution in [3.8, 4) is 77.9 Å². The molecule has 1 N–H and O–H groups in total. The quantitative estimate of drug-likeness (QED) is 0.0984. The van der Waals surface area contributed by atoms with Gasteiger partial charge in [-0.05, 0) is 240 Å². The van der Waals surface area contributed by atoms with E-state index in [0.29, 0.717) is 30.7 Å². The fourth-order valence-corrected chi connectivity index (χ4v) is 16.1. The van der Waals surface area contributed by atoms with Crippen LogP contribution in [0.3, 0.4) is 0 Å². The largest absolute Gasteiger partial charge is 0.313 e. The Hall–Kier alpha value is -11.0. The van der Waals surface area contributed by atoms with Crippen molar-refractivity contribution >= 4 is 68.7 Å². The molecule has 0 saturated heterocycles. The Morgan fingerprint density at radius 3 is 1.28 bits per heavy atom.